The van der Waals surface area contributed by atoms with E-state index in [0.29, 0.717) is 0 Å². The summed E-state index contributed by atoms with van der Waals surface area (Å²) in [7, 11) is 0. The fourth-order valence-electron chi connectivity index (χ4n) is 2.76. The lowest BCUT2D eigenvalue weighted by Crippen LogP contribution is -2.43. The summed E-state index contributed by atoms with van der Waals surface area (Å²) in [6, 6.07) is 8.49. The van der Waals surface area contributed by atoms with E-state index in [-0.39, 0.29) is 28.8 Å². The Labute approximate surface area is 175 Å². The Morgan fingerprint density at radius 1 is 0.968 bits per heavy atom. The van der Waals surface area contributed by atoms with E-state index in [0.717, 1.165) is 17.0 Å². The number of benzene rings is 2. The smallest absolute Gasteiger partial charge is 0.338 e. The third-order valence-electron chi connectivity index (χ3n) is 4.27. The zero-order chi connectivity index (χ0) is 22.5. The number of carbonyl (C=O) groups is 5. The number of fused-ring (bicyclic) bond motifs is 1. The molecule has 0 saturated carbocycles. The van der Waals surface area contributed by atoms with Crippen molar-refractivity contribution < 1.29 is 33.1 Å². The molecule has 4 amide bonds. The van der Waals surface area contributed by atoms with Crippen molar-refractivity contribution in [1.29, 1.82) is 0 Å². The third kappa shape index (κ3) is 4.64. The molecule has 2 aromatic rings. The maximum Gasteiger partial charge on any atom is 0.338 e. The molecule has 0 spiro atoms. The average Bonchev–Trinajstić information content (AvgIpc) is 3.01. The van der Waals surface area contributed by atoms with Crippen molar-refractivity contribution >= 4 is 29.6 Å². The van der Waals surface area contributed by atoms with Gasteiger partial charge < -0.3 is 4.74 Å². The van der Waals surface area contributed by atoms with Gasteiger partial charge in [0.2, 0.25) is 0 Å². The molecule has 0 aliphatic carbocycles. The molecule has 0 bridgehead atoms. The molecular weight excluding hydrogens is 409 g/mol. The first-order valence-corrected chi connectivity index (χ1v) is 8.95. The van der Waals surface area contributed by atoms with E-state index in [2.05, 4.69) is 17.4 Å². The number of ether oxygens (including phenoxy) is 1. The summed E-state index contributed by atoms with van der Waals surface area (Å²) in [5, 5.41) is 0. The molecule has 158 valence electrons. The number of imide groups is 1. The molecular formula is C21H16FN3O6. The number of carbonyl (C=O) groups excluding carboxylic acids is 5. The third-order valence-corrected chi connectivity index (χ3v) is 4.27. The van der Waals surface area contributed by atoms with E-state index in [9.17, 15) is 28.4 Å². The first kappa shape index (κ1) is 21.4. The lowest BCUT2D eigenvalue weighted by atomic mass is 10.1. The van der Waals surface area contributed by atoms with Crippen LogP contribution < -0.4 is 10.9 Å². The lowest BCUT2D eigenvalue weighted by Gasteiger charge is -2.09. The molecule has 10 heteroatoms. The molecule has 1 aliphatic rings. The van der Waals surface area contributed by atoms with Gasteiger partial charge in [0, 0.05) is 12.1 Å². The Morgan fingerprint density at radius 2 is 1.61 bits per heavy atom. The van der Waals surface area contributed by atoms with Crippen LogP contribution in [0.4, 0.5) is 4.39 Å². The Bertz CT molecular complexity index is 1100. The number of hydrazine groups is 1. The number of hydrogen-bond donors (Lipinski definition) is 2. The zero-order valence-electron chi connectivity index (χ0n) is 16.0. The predicted octanol–water partition coefficient (Wildman–Crippen LogP) is 1.23. The number of hydrogen-bond acceptors (Lipinski definition) is 6. The van der Waals surface area contributed by atoms with Gasteiger partial charge in [-0.1, -0.05) is 6.08 Å². The van der Waals surface area contributed by atoms with E-state index in [1.807, 2.05) is 0 Å². The van der Waals surface area contributed by atoms with Crippen molar-refractivity contribution in [1.82, 2.24) is 15.8 Å². The van der Waals surface area contributed by atoms with Crippen LogP contribution in [0.15, 0.2) is 55.1 Å². The maximum atomic E-state index is 12.9. The monoisotopic (exact) mass is 425 g/mol. The van der Waals surface area contributed by atoms with Crippen LogP contribution in [0, 0.1) is 5.82 Å². The van der Waals surface area contributed by atoms with Crippen LogP contribution in [0.1, 0.15) is 41.4 Å². The summed E-state index contributed by atoms with van der Waals surface area (Å²) >= 11 is 0. The van der Waals surface area contributed by atoms with E-state index in [1.54, 1.807) is 0 Å². The first-order chi connectivity index (χ1) is 14.8. The van der Waals surface area contributed by atoms with Crippen molar-refractivity contribution in [3.05, 3.63) is 83.2 Å². The van der Waals surface area contributed by atoms with Gasteiger partial charge in [-0.05, 0) is 42.5 Å². The molecule has 0 aromatic heterocycles. The van der Waals surface area contributed by atoms with Gasteiger partial charge in [-0.2, -0.15) is 0 Å². The molecule has 1 heterocycles. The summed E-state index contributed by atoms with van der Waals surface area (Å²) in [4.78, 5) is 61.3. The van der Waals surface area contributed by atoms with Gasteiger partial charge >= 0.3 is 5.97 Å². The highest BCUT2D eigenvalue weighted by Gasteiger charge is 2.35. The largest absolute Gasteiger partial charge is 0.452 e. The quantitative estimate of drug-likeness (QED) is 0.311. The van der Waals surface area contributed by atoms with Gasteiger partial charge in [0.05, 0.1) is 16.7 Å². The van der Waals surface area contributed by atoms with Gasteiger partial charge in [-0.15, -0.1) is 6.58 Å². The molecule has 1 aliphatic heterocycles. The number of esters is 1. The normalized spacial score (nSPS) is 12.2. The van der Waals surface area contributed by atoms with Crippen LogP contribution in [-0.2, 0) is 9.53 Å². The number of amides is 4. The highest BCUT2D eigenvalue weighted by molar-refractivity contribution is 6.22. The van der Waals surface area contributed by atoms with Gasteiger partial charge in [0.25, 0.3) is 23.6 Å². The van der Waals surface area contributed by atoms with Gasteiger partial charge in [0.15, 0.2) is 6.61 Å². The summed E-state index contributed by atoms with van der Waals surface area (Å²) in [5.74, 6) is -3.98. The molecule has 0 unspecified atom stereocenters. The maximum absolute atomic E-state index is 12.9. The molecule has 0 atom stereocenters. The highest BCUT2D eigenvalue weighted by Crippen LogP contribution is 2.24. The van der Waals surface area contributed by atoms with Crippen molar-refractivity contribution in [2.75, 3.05) is 13.2 Å². The Morgan fingerprint density at radius 3 is 2.29 bits per heavy atom. The second-order valence-electron chi connectivity index (χ2n) is 6.36. The van der Waals surface area contributed by atoms with Crippen molar-refractivity contribution in [2.45, 2.75) is 0 Å². The second kappa shape index (κ2) is 8.99. The van der Waals surface area contributed by atoms with Crippen molar-refractivity contribution in [3.63, 3.8) is 0 Å². The first-order valence-electron chi connectivity index (χ1n) is 8.95. The Kier molecular flexibility index (Phi) is 6.20. The molecule has 31 heavy (non-hydrogen) atoms. The van der Waals surface area contributed by atoms with E-state index >= 15 is 0 Å². The fourth-order valence-corrected chi connectivity index (χ4v) is 2.76. The van der Waals surface area contributed by atoms with Crippen LogP contribution in [0.5, 0.6) is 0 Å². The summed E-state index contributed by atoms with van der Waals surface area (Å²) in [5.41, 5.74) is 4.45. The molecule has 2 N–H and O–H groups in total. The highest BCUT2D eigenvalue weighted by atomic mass is 19.1. The number of nitrogens with zero attached hydrogens (tertiary/aromatic N) is 1. The number of rotatable bonds is 6. The summed E-state index contributed by atoms with van der Waals surface area (Å²) < 4.78 is 17.7. The van der Waals surface area contributed by atoms with Crippen LogP contribution in [0.25, 0.3) is 0 Å². The van der Waals surface area contributed by atoms with Crippen LogP contribution in [0.3, 0.4) is 0 Å². The predicted molar refractivity (Wildman–Crippen MR) is 104 cm³/mol. The molecule has 0 saturated heterocycles. The minimum Gasteiger partial charge on any atom is -0.452 e. The lowest BCUT2D eigenvalue weighted by molar-refractivity contribution is -0.125. The average molecular weight is 425 g/mol. The van der Waals surface area contributed by atoms with E-state index in [4.69, 9.17) is 4.74 Å². The second-order valence-corrected chi connectivity index (χ2v) is 6.36. The molecule has 3 rings (SSSR count). The summed E-state index contributed by atoms with van der Waals surface area (Å²) in [6.07, 6.45) is 1.41. The summed E-state index contributed by atoms with van der Waals surface area (Å²) in [6.45, 7) is 2.81. The van der Waals surface area contributed by atoms with Crippen LogP contribution in [-0.4, -0.2) is 47.6 Å². The topological polar surface area (TPSA) is 122 Å². The molecule has 0 radical (unpaired) electrons. The minimum atomic E-state index is -0.898. The standard InChI is InChI=1S/C21H16FN3O6/c1-2-9-25-19(28)15-8-5-13(10-16(15)20(25)29)21(30)31-11-17(26)23-24-18(27)12-3-6-14(22)7-4-12/h2-8,10H,1,9,11H2,(H,23,26)(H,24,27). The molecule has 2 aromatic carbocycles. The van der Waals surface area contributed by atoms with Gasteiger partial charge in [-0.25, -0.2) is 9.18 Å². The molecule has 9 nitrogen and oxygen atoms in total. The minimum absolute atomic E-state index is 0.0245. The Hall–Kier alpha value is -4.34. The van der Waals surface area contributed by atoms with Gasteiger partial charge in [0.1, 0.15) is 5.82 Å². The van der Waals surface area contributed by atoms with E-state index in [1.165, 1.54) is 36.4 Å². The SMILES string of the molecule is C=CCN1C(=O)c2ccc(C(=O)OCC(=O)NNC(=O)c3ccc(F)cc3)cc2C1=O. The van der Waals surface area contributed by atoms with E-state index < -0.39 is 42.0 Å². The number of halogens is 1. The molecule has 0 fully saturated rings. The van der Waals surface area contributed by atoms with Crippen molar-refractivity contribution in [3.8, 4) is 0 Å². The van der Waals surface area contributed by atoms with Crippen molar-refractivity contribution in [2.24, 2.45) is 0 Å². The van der Waals surface area contributed by atoms with Crippen LogP contribution >= 0.6 is 0 Å². The van der Waals surface area contributed by atoms with Gasteiger partial charge in [-0.3, -0.25) is 34.9 Å². The Balaban J connectivity index is 1.54. The zero-order valence-corrected chi connectivity index (χ0v) is 16.0. The van der Waals surface area contributed by atoms with Crippen LogP contribution in [0.2, 0.25) is 0 Å². The number of nitrogens with one attached hydrogen (secondary N) is 2. The fraction of sp³-hybridized carbons (Fsp3) is 0.0952.